The van der Waals surface area contributed by atoms with Gasteiger partial charge in [0.25, 0.3) is 0 Å². The van der Waals surface area contributed by atoms with Crippen molar-refractivity contribution >= 4 is 22.1 Å². The van der Waals surface area contributed by atoms with Crippen LogP contribution in [0.25, 0.3) is 6.08 Å². The molecule has 1 rings (SSSR count). The number of nitrogens with zero attached hydrogens (tertiary/aromatic N) is 1. The van der Waals surface area contributed by atoms with E-state index in [1.165, 1.54) is 18.3 Å². The van der Waals surface area contributed by atoms with E-state index < -0.39 is 16.0 Å². The molecule has 0 amide bonds. The molecule has 0 fully saturated rings. The first-order chi connectivity index (χ1) is 6.89. The number of hydrogen-bond donors (Lipinski definition) is 2. The third-order valence-electron chi connectivity index (χ3n) is 1.48. The molecule has 0 aliphatic carbocycles. The van der Waals surface area contributed by atoms with Gasteiger partial charge in [0.1, 0.15) is 4.90 Å². The highest BCUT2D eigenvalue weighted by atomic mass is 32.2. The van der Waals surface area contributed by atoms with Crippen molar-refractivity contribution in [3.05, 3.63) is 30.1 Å². The standard InChI is InChI=1S/C8H8N2O4S/c9-15(13,14)7-3-6(4-10-5-7)1-2-8(11)12/h1-5H,(H,11,12)(H2,9,13,14). The molecular formula is C8H8N2O4S. The van der Waals surface area contributed by atoms with E-state index in [0.717, 1.165) is 12.3 Å². The second-order valence-electron chi connectivity index (χ2n) is 2.67. The fraction of sp³-hybridized carbons (Fsp3) is 0. The van der Waals surface area contributed by atoms with E-state index in [0.29, 0.717) is 5.56 Å². The van der Waals surface area contributed by atoms with Crippen LogP contribution in [0, 0.1) is 0 Å². The molecule has 0 aliphatic heterocycles. The second kappa shape index (κ2) is 4.20. The monoisotopic (exact) mass is 228 g/mol. The average molecular weight is 228 g/mol. The Bertz CT molecular complexity index is 507. The summed E-state index contributed by atoms with van der Waals surface area (Å²) in [6.07, 6.45) is 4.52. The zero-order chi connectivity index (χ0) is 11.5. The highest BCUT2D eigenvalue weighted by molar-refractivity contribution is 7.89. The van der Waals surface area contributed by atoms with Gasteiger partial charge in [0.15, 0.2) is 0 Å². The molecule has 0 saturated heterocycles. The Balaban J connectivity index is 3.09. The molecule has 0 bridgehead atoms. The first kappa shape index (κ1) is 11.3. The minimum atomic E-state index is -3.81. The van der Waals surface area contributed by atoms with Gasteiger partial charge >= 0.3 is 5.97 Å². The number of aromatic nitrogens is 1. The third kappa shape index (κ3) is 3.49. The number of carbonyl (C=O) groups is 1. The SMILES string of the molecule is NS(=O)(=O)c1cncc(C=CC(=O)O)c1. The van der Waals surface area contributed by atoms with Crippen LogP contribution in [0.5, 0.6) is 0 Å². The van der Waals surface area contributed by atoms with E-state index in [-0.39, 0.29) is 4.90 Å². The summed E-state index contributed by atoms with van der Waals surface area (Å²) in [6.45, 7) is 0. The van der Waals surface area contributed by atoms with Crippen LogP contribution in [0.3, 0.4) is 0 Å². The molecule has 1 aromatic heterocycles. The third-order valence-corrected chi connectivity index (χ3v) is 2.36. The minimum absolute atomic E-state index is 0.157. The number of sulfonamides is 1. The summed E-state index contributed by atoms with van der Waals surface area (Å²) in [6, 6.07) is 1.24. The summed E-state index contributed by atoms with van der Waals surface area (Å²) < 4.78 is 21.8. The Hall–Kier alpha value is -1.73. The lowest BCUT2D eigenvalue weighted by Gasteiger charge is -1.97. The Morgan fingerprint density at radius 1 is 1.47 bits per heavy atom. The number of carboxylic acid groups (broad SMARTS) is 1. The number of pyridine rings is 1. The summed E-state index contributed by atoms with van der Waals surface area (Å²) in [5.41, 5.74) is 0.351. The van der Waals surface area contributed by atoms with Crippen LogP contribution in [-0.2, 0) is 14.8 Å². The van der Waals surface area contributed by atoms with Gasteiger partial charge in [-0.05, 0) is 17.7 Å². The van der Waals surface area contributed by atoms with Crippen LogP contribution in [0.4, 0.5) is 0 Å². The van der Waals surface area contributed by atoms with Crippen molar-refractivity contribution in [2.24, 2.45) is 5.14 Å². The summed E-state index contributed by atoms with van der Waals surface area (Å²) in [4.78, 5) is 13.7. The summed E-state index contributed by atoms with van der Waals surface area (Å²) in [5, 5.41) is 13.2. The van der Waals surface area contributed by atoms with E-state index in [1.54, 1.807) is 0 Å². The van der Waals surface area contributed by atoms with Gasteiger partial charge in [-0.2, -0.15) is 0 Å². The number of aliphatic carboxylic acids is 1. The van der Waals surface area contributed by atoms with Gasteiger partial charge < -0.3 is 5.11 Å². The second-order valence-corrected chi connectivity index (χ2v) is 4.23. The van der Waals surface area contributed by atoms with Crippen molar-refractivity contribution in [1.29, 1.82) is 0 Å². The Kier molecular flexibility index (Phi) is 3.17. The van der Waals surface area contributed by atoms with E-state index in [1.807, 2.05) is 0 Å². The quantitative estimate of drug-likeness (QED) is 0.697. The maximum absolute atomic E-state index is 10.9. The fourth-order valence-corrected chi connectivity index (χ4v) is 1.36. The smallest absolute Gasteiger partial charge is 0.328 e. The van der Waals surface area contributed by atoms with Crippen LogP contribution in [0.2, 0.25) is 0 Å². The molecule has 1 heterocycles. The highest BCUT2D eigenvalue weighted by Gasteiger charge is 2.07. The first-order valence-corrected chi connectivity index (χ1v) is 5.33. The summed E-state index contributed by atoms with van der Waals surface area (Å²) >= 11 is 0. The highest BCUT2D eigenvalue weighted by Crippen LogP contribution is 2.08. The van der Waals surface area contributed by atoms with Crippen molar-refractivity contribution < 1.29 is 18.3 Å². The predicted octanol–water partition coefficient (Wildman–Crippen LogP) is -0.173. The maximum Gasteiger partial charge on any atom is 0.328 e. The van der Waals surface area contributed by atoms with Gasteiger partial charge in [0.2, 0.25) is 10.0 Å². The van der Waals surface area contributed by atoms with Crippen molar-refractivity contribution in [2.75, 3.05) is 0 Å². The van der Waals surface area contributed by atoms with Crippen molar-refractivity contribution in [3.63, 3.8) is 0 Å². The Morgan fingerprint density at radius 3 is 2.67 bits per heavy atom. The molecule has 1 aromatic rings. The number of primary sulfonamides is 1. The van der Waals surface area contributed by atoms with Crippen molar-refractivity contribution in [3.8, 4) is 0 Å². The molecule has 6 nitrogen and oxygen atoms in total. The van der Waals surface area contributed by atoms with Crippen LogP contribution in [0.15, 0.2) is 29.4 Å². The molecule has 0 spiro atoms. The molecule has 0 saturated carbocycles. The van der Waals surface area contributed by atoms with Crippen LogP contribution in [-0.4, -0.2) is 24.5 Å². The lowest BCUT2D eigenvalue weighted by atomic mass is 10.2. The minimum Gasteiger partial charge on any atom is -0.478 e. The molecule has 3 N–H and O–H groups in total. The van der Waals surface area contributed by atoms with E-state index in [4.69, 9.17) is 10.2 Å². The number of hydrogen-bond acceptors (Lipinski definition) is 4. The lowest BCUT2D eigenvalue weighted by Crippen LogP contribution is -2.12. The average Bonchev–Trinajstić information content (AvgIpc) is 2.14. The molecule has 0 radical (unpaired) electrons. The van der Waals surface area contributed by atoms with Crippen molar-refractivity contribution in [1.82, 2.24) is 4.98 Å². The van der Waals surface area contributed by atoms with Crippen LogP contribution < -0.4 is 5.14 Å². The van der Waals surface area contributed by atoms with Gasteiger partial charge in [-0.1, -0.05) is 0 Å². The number of nitrogens with two attached hydrogens (primary N) is 1. The number of carboxylic acids is 1. The molecular weight excluding hydrogens is 220 g/mol. The molecule has 15 heavy (non-hydrogen) atoms. The largest absolute Gasteiger partial charge is 0.478 e. The van der Waals surface area contributed by atoms with E-state index >= 15 is 0 Å². The lowest BCUT2D eigenvalue weighted by molar-refractivity contribution is -0.131. The Morgan fingerprint density at radius 2 is 2.13 bits per heavy atom. The predicted molar refractivity (Wildman–Crippen MR) is 52.3 cm³/mol. The summed E-state index contributed by atoms with van der Waals surface area (Å²) in [5.74, 6) is -1.13. The van der Waals surface area contributed by atoms with Gasteiger partial charge in [0.05, 0.1) is 0 Å². The maximum atomic E-state index is 10.9. The topological polar surface area (TPSA) is 110 Å². The molecule has 0 atom stereocenters. The van der Waals surface area contributed by atoms with Gasteiger partial charge in [-0.15, -0.1) is 0 Å². The zero-order valence-electron chi connectivity index (χ0n) is 7.49. The number of rotatable bonds is 3. The van der Waals surface area contributed by atoms with E-state index in [9.17, 15) is 13.2 Å². The van der Waals surface area contributed by atoms with Gasteiger partial charge in [0, 0.05) is 18.5 Å². The van der Waals surface area contributed by atoms with Crippen molar-refractivity contribution in [2.45, 2.75) is 4.90 Å². The molecule has 80 valence electrons. The molecule has 7 heteroatoms. The van der Waals surface area contributed by atoms with Gasteiger partial charge in [-0.3, -0.25) is 4.98 Å². The molecule has 0 unspecified atom stereocenters. The van der Waals surface area contributed by atoms with Crippen LogP contribution >= 0.6 is 0 Å². The first-order valence-electron chi connectivity index (χ1n) is 3.78. The fourth-order valence-electron chi connectivity index (χ4n) is 0.850. The molecule has 0 aliphatic rings. The zero-order valence-corrected chi connectivity index (χ0v) is 8.31. The van der Waals surface area contributed by atoms with Gasteiger partial charge in [-0.25, -0.2) is 18.4 Å². The molecule has 0 aromatic carbocycles. The van der Waals surface area contributed by atoms with Crippen LogP contribution in [0.1, 0.15) is 5.56 Å². The summed E-state index contributed by atoms with van der Waals surface area (Å²) in [7, 11) is -3.81. The Labute approximate surface area is 86.1 Å². The normalized spacial score (nSPS) is 11.8. The van der Waals surface area contributed by atoms with E-state index in [2.05, 4.69) is 4.98 Å².